The van der Waals surface area contributed by atoms with Crippen molar-refractivity contribution in [1.29, 1.82) is 0 Å². The van der Waals surface area contributed by atoms with E-state index >= 15 is 0 Å². The molecule has 0 radical (unpaired) electrons. The van der Waals surface area contributed by atoms with Gasteiger partial charge < -0.3 is 4.98 Å². The Morgan fingerprint density at radius 1 is 1.15 bits per heavy atom. The smallest absolute Gasteiger partial charge is 0.0456 e. The van der Waals surface area contributed by atoms with Gasteiger partial charge in [-0.1, -0.05) is 12.1 Å². The van der Waals surface area contributed by atoms with Gasteiger partial charge in [0.1, 0.15) is 0 Å². The Bertz CT molecular complexity index is 400. The molecule has 0 saturated heterocycles. The number of aromatic amines is 1. The fourth-order valence-corrected chi connectivity index (χ4v) is 1.66. The third-order valence-corrected chi connectivity index (χ3v) is 2.70. The summed E-state index contributed by atoms with van der Waals surface area (Å²) < 4.78 is 1.27. The van der Waals surface area contributed by atoms with Crippen LogP contribution < -0.4 is 0 Å². The van der Waals surface area contributed by atoms with Gasteiger partial charge in [-0.15, -0.1) is 0 Å². The number of nitrogens with one attached hydrogen (secondary N) is 1. The number of aryl methyl sites for hydroxylation is 1. The number of H-pyrrole nitrogens is 1. The van der Waals surface area contributed by atoms with Gasteiger partial charge in [0.2, 0.25) is 0 Å². The number of aromatic nitrogens is 1. The van der Waals surface area contributed by atoms with Crippen LogP contribution in [0, 0.1) is 10.5 Å². The summed E-state index contributed by atoms with van der Waals surface area (Å²) in [7, 11) is 0. The lowest BCUT2D eigenvalue weighted by molar-refractivity contribution is 1.38. The summed E-state index contributed by atoms with van der Waals surface area (Å²) >= 11 is 2.31. The van der Waals surface area contributed by atoms with E-state index in [0.717, 1.165) is 0 Å². The molecule has 13 heavy (non-hydrogen) atoms. The highest BCUT2D eigenvalue weighted by Gasteiger charge is 1.98. The Morgan fingerprint density at radius 3 is 2.38 bits per heavy atom. The van der Waals surface area contributed by atoms with Crippen molar-refractivity contribution in [2.45, 2.75) is 6.92 Å². The second-order valence-corrected chi connectivity index (χ2v) is 4.34. The molecule has 1 aromatic heterocycles. The molecular weight excluding hydrogens is 273 g/mol. The van der Waals surface area contributed by atoms with E-state index in [1.807, 2.05) is 6.20 Å². The maximum absolute atomic E-state index is 3.24. The van der Waals surface area contributed by atoms with Crippen LogP contribution in [-0.4, -0.2) is 4.98 Å². The van der Waals surface area contributed by atoms with Crippen LogP contribution >= 0.6 is 22.6 Å². The number of hydrogen-bond acceptors (Lipinski definition) is 0. The fraction of sp³-hybridized carbons (Fsp3) is 0.0909. The predicted octanol–water partition coefficient (Wildman–Crippen LogP) is 3.59. The first-order valence-electron chi connectivity index (χ1n) is 4.17. The molecule has 0 aliphatic rings. The van der Waals surface area contributed by atoms with Gasteiger partial charge in [0, 0.05) is 15.5 Å². The molecule has 0 saturated carbocycles. The van der Waals surface area contributed by atoms with Gasteiger partial charge in [-0.05, 0) is 58.8 Å². The summed E-state index contributed by atoms with van der Waals surface area (Å²) in [5.74, 6) is 0. The molecular formula is C11H10IN. The van der Waals surface area contributed by atoms with Crippen LogP contribution in [0.15, 0.2) is 36.5 Å². The second-order valence-electron chi connectivity index (χ2n) is 3.10. The van der Waals surface area contributed by atoms with Crippen molar-refractivity contribution in [3.05, 3.63) is 45.7 Å². The quantitative estimate of drug-likeness (QED) is 0.770. The molecule has 0 aliphatic heterocycles. The zero-order chi connectivity index (χ0) is 9.26. The minimum Gasteiger partial charge on any atom is -0.361 e. The van der Waals surface area contributed by atoms with Crippen molar-refractivity contribution < 1.29 is 0 Å². The van der Waals surface area contributed by atoms with E-state index in [2.05, 4.69) is 64.8 Å². The summed E-state index contributed by atoms with van der Waals surface area (Å²) in [6.45, 7) is 2.09. The molecule has 1 N–H and O–H groups in total. The van der Waals surface area contributed by atoms with Gasteiger partial charge in [-0.2, -0.15) is 0 Å². The van der Waals surface area contributed by atoms with E-state index in [9.17, 15) is 0 Å². The number of halogens is 1. The van der Waals surface area contributed by atoms with Crippen molar-refractivity contribution in [2.24, 2.45) is 0 Å². The fourth-order valence-electron chi connectivity index (χ4n) is 1.30. The Labute approximate surface area is 91.3 Å². The SMILES string of the molecule is Cc1c[nH]c(-c2ccc(I)cc2)c1. The van der Waals surface area contributed by atoms with Crippen molar-refractivity contribution in [1.82, 2.24) is 4.98 Å². The van der Waals surface area contributed by atoms with E-state index in [0.29, 0.717) is 0 Å². The summed E-state index contributed by atoms with van der Waals surface area (Å²) in [5, 5.41) is 0. The van der Waals surface area contributed by atoms with E-state index in [-0.39, 0.29) is 0 Å². The lowest BCUT2D eigenvalue weighted by atomic mass is 10.1. The topological polar surface area (TPSA) is 15.8 Å². The Hall–Kier alpha value is -0.770. The molecule has 0 atom stereocenters. The molecule has 2 aromatic rings. The van der Waals surface area contributed by atoms with Gasteiger partial charge in [0.25, 0.3) is 0 Å². The Balaban J connectivity index is 2.41. The first-order chi connectivity index (χ1) is 6.25. The molecule has 0 unspecified atom stereocenters. The molecule has 1 aromatic carbocycles. The molecule has 0 spiro atoms. The number of benzene rings is 1. The van der Waals surface area contributed by atoms with Gasteiger partial charge in [-0.3, -0.25) is 0 Å². The maximum atomic E-state index is 3.24. The maximum Gasteiger partial charge on any atom is 0.0456 e. The van der Waals surface area contributed by atoms with Crippen molar-refractivity contribution in [2.75, 3.05) is 0 Å². The van der Waals surface area contributed by atoms with Crippen LogP contribution in [0.4, 0.5) is 0 Å². The van der Waals surface area contributed by atoms with Gasteiger partial charge >= 0.3 is 0 Å². The molecule has 0 amide bonds. The van der Waals surface area contributed by atoms with Gasteiger partial charge in [0.05, 0.1) is 0 Å². The molecule has 66 valence electrons. The first kappa shape index (κ1) is 8.81. The van der Waals surface area contributed by atoms with Crippen molar-refractivity contribution in [3.63, 3.8) is 0 Å². The molecule has 2 heteroatoms. The van der Waals surface area contributed by atoms with E-state index in [1.165, 1.54) is 20.4 Å². The van der Waals surface area contributed by atoms with Gasteiger partial charge in [-0.25, -0.2) is 0 Å². The van der Waals surface area contributed by atoms with Crippen LogP contribution in [0.5, 0.6) is 0 Å². The third kappa shape index (κ3) is 1.94. The molecule has 0 aliphatic carbocycles. The highest BCUT2D eigenvalue weighted by molar-refractivity contribution is 14.1. The van der Waals surface area contributed by atoms with E-state index < -0.39 is 0 Å². The zero-order valence-electron chi connectivity index (χ0n) is 7.34. The zero-order valence-corrected chi connectivity index (χ0v) is 9.50. The standard InChI is InChI=1S/C11H10IN/c1-8-6-11(13-7-8)9-2-4-10(12)5-3-9/h2-7,13H,1H3. The molecule has 0 bridgehead atoms. The van der Waals surface area contributed by atoms with E-state index in [4.69, 9.17) is 0 Å². The molecule has 1 heterocycles. The average Bonchev–Trinajstić information content (AvgIpc) is 2.53. The minimum atomic E-state index is 1.19. The van der Waals surface area contributed by atoms with E-state index in [1.54, 1.807) is 0 Å². The molecule has 2 rings (SSSR count). The molecule has 1 nitrogen and oxygen atoms in total. The minimum absolute atomic E-state index is 1.19. The summed E-state index contributed by atoms with van der Waals surface area (Å²) in [4.78, 5) is 3.24. The van der Waals surface area contributed by atoms with Crippen LogP contribution in [0.3, 0.4) is 0 Å². The lowest BCUT2D eigenvalue weighted by Crippen LogP contribution is -1.76. The molecule has 0 fully saturated rings. The predicted molar refractivity (Wildman–Crippen MR) is 63.7 cm³/mol. The third-order valence-electron chi connectivity index (χ3n) is 1.98. The normalized spacial score (nSPS) is 10.3. The monoisotopic (exact) mass is 283 g/mol. The highest BCUT2D eigenvalue weighted by atomic mass is 127. The Morgan fingerprint density at radius 2 is 1.85 bits per heavy atom. The first-order valence-corrected chi connectivity index (χ1v) is 5.24. The van der Waals surface area contributed by atoms with Crippen molar-refractivity contribution >= 4 is 22.6 Å². The Kier molecular flexibility index (Phi) is 2.40. The number of hydrogen-bond donors (Lipinski definition) is 1. The average molecular weight is 283 g/mol. The van der Waals surface area contributed by atoms with Crippen LogP contribution in [0.1, 0.15) is 5.56 Å². The van der Waals surface area contributed by atoms with Crippen LogP contribution in [0.25, 0.3) is 11.3 Å². The second kappa shape index (κ2) is 3.54. The summed E-state index contributed by atoms with van der Waals surface area (Å²) in [5.41, 5.74) is 3.70. The van der Waals surface area contributed by atoms with Gasteiger partial charge in [0.15, 0.2) is 0 Å². The van der Waals surface area contributed by atoms with Crippen molar-refractivity contribution in [3.8, 4) is 11.3 Å². The summed E-state index contributed by atoms with van der Waals surface area (Å²) in [6.07, 6.45) is 2.02. The summed E-state index contributed by atoms with van der Waals surface area (Å²) in [6, 6.07) is 10.7. The number of rotatable bonds is 1. The van der Waals surface area contributed by atoms with Crippen LogP contribution in [0.2, 0.25) is 0 Å². The highest BCUT2D eigenvalue weighted by Crippen LogP contribution is 2.19. The van der Waals surface area contributed by atoms with Crippen LogP contribution in [-0.2, 0) is 0 Å². The lowest BCUT2D eigenvalue weighted by Gasteiger charge is -1.96. The largest absolute Gasteiger partial charge is 0.361 e.